The van der Waals surface area contributed by atoms with Gasteiger partial charge in [0.05, 0.1) is 7.11 Å². The normalized spacial score (nSPS) is 16.9. The van der Waals surface area contributed by atoms with Crippen LogP contribution in [0.1, 0.15) is 28.4 Å². The first-order valence-electron chi connectivity index (χ1n) is 10.7. The molecule has 1 fully saturated rings. The van der Waals surface area contributed by atoms with Crippen molar-refractivity contribution >= 4 is 26.9 Å². The van der Waals surface area contributed by atoms with Crippen LogP contribution in [0.15, 0.2) is 53.7 Å². The first-order chi connectivity index (χ1) is 16.2. The third kappa shape index (κ3) is 4.74. The van der Waals surface area contributed by atoms with E-state index >= 15 is 0 Å². The number of carbonyl (C=O) groups is 1. The van der Waals surface area contributed by atoms with Crippen LogP contribution in [-0.2, 0) is 16.8 Å². The average Bonchev–Trinajstić information content (AvgIpc) is 2.82. The number of benzene rings is 2. The maximum atomic E-state index is 13.6. The Labute approximate surface area is 198 Å². The molecule has 2 aromatic carbocycles. The standard InChI is InChI=1S/C25H24FN3O4S/c1-4-18-11-19(13-20(12-18)34(26,31)32)16-28-9-10-29(17(2)15-28)25(30)22-5-6-24(33-3)21-7-8-27-14-23(21)22/h1,5-8,11-14,17H,9-10,15-16H2,2-3H3/t17-/m1/s1. The summed E-state index contributed by atoms with van der Waals surface area (Å²) in [5.74, 6) is 2.96. The summed E-state index contributed by atoms with van der Waals surface area (Å²) in [6.07, 6.45) is 8.74. The SMILES string of the molecule is C#Cc1cc(CN2CCN(C(=O)c3ccc(OC)c4ccncc34)[C@H](C)C2)cc(S(=O)(=O)F)c1. The molecule has 1 aliphatic heterocycles. The minimum Gasteiger partial charge on any atom is -0.496 e. The van der Waals surface area contributed by atoms with E-state index in [0.29, 0.717) is 48.6 Å². The smallest absolute Gasteiger partial charge is 0.332 e. The Balaban J connectivity index is 1.52. The van der Waals surface area contributed by atoms with Gasteiger partial charge < -0.3 is 9.64 Å². The Bertz CT molecular complexity index is 1400. The highest BCUT2D eigenvalue weighted by molar-refractivity contribution is 7.86. The van der Waals surface area contributed by atoms with E-state index in [-0.39, 0.29) is 11.9 Å². The molecule has 176 valence electrons. The number of carbonyl (C=O) groups excluding carboxylic acids is 1. The second-order valence-electron chi connectivity index (χ2n) is 8.27. The summed E-state index contributed by atoms with van der Waals surface area (Å²) in [7, 11) is -3.28. The molecule has 0 N–H and O–H groups in total. The summed E-state index contributed by atoms with van der Waals surface area (Å²) in [5.41, 5.74) is 1.46. The van der Waals surface area contributed by atoms with Crippen molar-refractivity contribution in [1.29, 1.82) is 0 Å². The summed E-state index contributed by atoms with van der Waals surface area (Å²) in [4.78, 5) is 21.1. The third-order valence-electron chi connectivity index (χ3n) is 6.02. The van der Waals surface area contributed by atoms with E-state index in [4.69, 9.17) is 11.2 Å². The molecule has 0 bridgehead atoms. The molecular weight excluding hydrogens is 457 g/mol. The van der Waals surface area contributed by atoms with Gasteiger partial charge >= 0.3 is 10.2 Å². The number of methoxy groups -OCH3 is 1. The van der Waals surface area contributed by atoms with Crippen LogP contribution in [-0.4, -0.2) is 61.9 Å². The number of halogens is 1. The molecule has 0 saturated carbocycles. The predicted octanol–water partition coefficient (Wildman–Crippen LogP) is 3.23. The van der Waals surface area contributed by atoms with Crippen LogP contribution in [0, 0.1) is 12.3 Å². The van der Waals surface area contributed by atoms with E-state index in [1.165, 1.54) is 6.07 Å². The van der Waals surface area contributed by atoms with Crippen LogP contribution in [0.2, 0.25) is 0 Å². The molecule has 1 aromatic heterocycles. The number of aromatic nitrogens is 1. The van der Waals surface area contributed by atoms with Crippen LogP contribution in [0.5, 0.6) is 5.75 Å². The zero-order valence-electron chi connectivity index (χ0n) is 18.9. The maximum absolute atomic E-state index is 13.6. The van der Waals surface area contributed by atoms with Gasteiger partial charge in [-0.15, -0.1) is 10.3 Å². The minimum atomic E-state index is -4.86. The topological polar surface area (TPSA) is 79.8 Å². The van der Waals surface area contributed by atoms with Gasteiger partial charge in [-0.05, 0) is 48.9 Å². The summed E-state index contributed by atoms with van der Waals surface area (Å²) >= 11 is 0. The van der Waals surface area contributed by atoms with Gasteiger partial charge in [-0.1, -0.05) is 5.92 Å². The highest BCUT2D eigenvalue weighted by Crippen LogP contribution is 2.29. The zero-order valence-corrected chi connectivity index (χ0v) is 19.7. The maximum Gasteiger partial charge on any atom is 0.332 e. The predicted molar refractivity (Wildman–Crippen MR) is 127 cm³/mol. The van der Waals surface area contributed by atoms with Crippen molar-refractivity contribution in [3.63, 3.8) is 0 Å². The lowest BCUT2D eigenvalue weighted by molar-refractivity contribution is 0.0477. The van der Waals surface area contributed by atoms with Crippen LogP contribution < -0.4 is 4.74 Å². The van der Waals surface area contributed by atoms with Crippen molar-refractivity contribution < 1.29 is 21.8 Å². The van der Waals surface area contributed by atoms with E-state index in [1.54, 1.807) is 37.7 Å². The van der Waals surface area contributed by atoms with Crippen molar-refractivity contribution in [2.45, 2.75) is 24.4 Å². The number of amides is 1. The van der Waals surface area contributed by atoms with E-state index in [2.05, 4.69) is 15.8 Å². The van der Waals surface area contributed by atoms with Crippen molar-refractivity contribution in [1.82, 2.24) is 14.8 Å². The van der Waals surface area contributed by atoms with E-state index < -0.39 is 15.1 Å². The lowest BCUT2D eigenvalue weighted by Crippen LogP contribution is -2.53. The Morgan fingerprint density at radius 2 is 2.03 bits per heavy atom. The number of piperazine rings is 1. The molecule has 3 aromatic rings. The molecule has 0 aliphatic carbocycles. The fraction of sp³-hybridized carbons (Fsp3) is 0.280. The molecule has 34 heavy (non-hydrogen) atoms. The Kier molecular flexibility index (Phi) is 6.55. The summed E-state index contributed by atoms with van der Waals surface area (Å²) in [6, 6.07) is 9.38. The van der Waals surface area contributed by atoms with Crippen LogP contribution in [0.4, 0.5) is 3.89 Å². The highest BCUT2D eigenvalue weighted by Gasteiger charge is 2.29. The Morgan fingerprint density at radius 3 is 2.71 bits per heavy atom. The number of hydrogen-bond donors (Lipinski definition) is 0. The van der Waals surface area contributed by atoms with Gasteiger partial charge in [0, 0.05) is 66.5 Å². The highest BCUT2D eigenvalue weighted by atomic mass is 32.3. The zero-order chi connectivity index (χ0) is 24.5. The number of rotatable bonds is 5. The molecule has 0 spiro atoms. The third-order valence-corrected chi connectivity index (χ3v) is 6.82. The van der Waals surface area contributed by atoms with Gasteiger partial charge in [0.15, 0.2) is 0 Å². The first-order valence-corrected chi connectivity index (χ1v) is 12.1. The summed E-state index contributed by atoms with van der Waals surface area (Å²) in [5, 5.41) is 1.55. The van der Waals surface area contributed by atoms with Gasteiger partial charge in [0.1, 0.15) is 10.6 Å². The minimum absolute atomic E-state index is 0.0899. The average molecular weight is 482 g/mol. The molecule has 1 saturated heterocycles. The summed E-state index contributed by atoms with van der Waals surface area (Å²) in [6.45, 7) is 3.97. The van der Waals surface area contributed by atoms with Crippen LogP contribution in [0.3, 0.4) is 0 Å². The lowest BCUT2D eigenvalue weighted by Gasteiger charge is -2.40. The van der Waals surface area contributed by atoms with Crippen LogP contribution in [0.25, 0.3) is 10.8 Å². The molecule has 1 atom stereocenters. The number of hydrogen-bond acceptors (Lipinski definition) is 6. The number of terminal acetylenes is 1. The quantitative estimate of drug-likeness (QED) is 0.411. The second-order valence-corrected chi connectivity index (χ2v) is 9.61. The van der Waals surface area contributed by atoms with Gasteiger partial charge in [-0.2, -0.15) is 8.42 Å². The molecule has 0 radical (unpaired) electrons. The first kappa shape index (κ1) is 23.7. The molecule has 4 rings (SSSR count). The fourth-order valence-corrected chi connectivity index (χ4v) is 4.95. The van der Waals surface area contributed by atoms with Gasteiger partial charge in [-0.3, -0.25) is 14.7 Å². The number of fused-ring (bicyclic) bond motifs is 1. The summed E-state index contributed by atoms with van der Waals surface area (Å²) < 4.78 is 41.7. The number of pyridine rings is 1. The fourth-order valence-electron chi connectivity index (χ4n) is 4.39. The van der Waals surface area contributed by atoms with Gasteiger partial charge in [0.2, 0.25) is 0 Å². The van der Waals surface area contributed by atoms with Crippen molar-refractivity contribution in [2.75, 3.05) is 26.7 Å². The van der Waals surface area contributed by atoms with Gasteiger partial charge in [0.25, 0.3) is 5.91 Å². The molecule has 0 unspecified atom stereocenters. The monoisotopic (exact) mass is 481 g/mol. The number of ether oxygens (including phenoxy) is 1. The lowest BCUT2D eigenvalue weighted by atomic mass is 10.0. The molecule has 7 nitrogen and oxygen atoms in total. The largest absolute Gasteiger partial charge is 0.496 e. The van der Waals surface area contributed by atoms with Gasteiger partial charge in [-0.25, -0.2) is 0 Å². The van der Waals surface area contributed by atoms with Crippen molar-refractivity contribution in [3.8, 4) is 18.1 Å². The Morgan fingerprint density at radius 1 is 1.24 bits per heavy atom. The molecular formula is C25H24FN3O4S. The molecule has 9 heteroatoms. The molecule has 2 heterocycles. The molecule has 1 aliphatic rings. The molecule has 1 amide bonds. The second kappa shape index (κ2) is 9.41. The van der Waals surface area contributed by atoms with Crippen molar-refractivity contribution in [2.24, 2.45) is 0 Å². The number of nitrogens with zero attached hydrogens (tertiary/aromatic N) is 3. The van der Waals surface area contributed by atoms with E-state index in [9.17, 15) is 17.1 Å². The van der Waals surface area contributed by atoms with E-state index in [0.717, 1.165) is 16.8 Å². The Hall–Kier alpha value is -3.48. The van der Waals surface area contributed by atoms with Crippen molar-refractivity contribution in [3.05, 3.63) is 65.5 Å². The van der Waals surface area contributed by atoms with Crippen LogP contribution >= 0.6 is 0 Å². The van der Waals surface area contributed by atoms with E-state index in [1.807, 2.05) is 17.9 Å².